The van der Waals surface area contributed by atoms with Crippen molar-refractivity contribution >= 4 is 11.6 Å². The fraction of sp³-hybridized carbons (Fsp3) is 0.478. The highest BCUT2D eigenvalue weighted by Crippen LogP contribution is 2.42. The number of benzene rings is 2. The van der Waals surface area contributed by atoms with Gasteiger partial charge in [0.15, 0.2) is 0 Å². The van der Waals surface area contributed by atoms with Gasteiger partial charge in [-0.15, -0.1) is 0 Å². The minimum absolute atomic E-state index is 0.323. The second kappa shape index (κ2) is 10.3. The summed E-state index contributed by atoms with van der Waals surface area (Å²) < 4.78 is 6.08. The van der Waals surface area contributed by atoms with E-state index in [4.69, 9.17) is 27.8 Å². The molecule has 152 valence electrons. The summed E-state index contributed by atoms with van der Waals surface area (Å²) in [5.41, 5.74) is 13.8. The third kappa shape index (κ3) is 6.49. The number of rotatable bonds is 9. The van der Waals surface area contributed by atoms with Crippen LogP contribution in [0.1, 0.15) is 49.7 Å². The monoisotopic (exact) mass is 401 g/mol. The van der Waals surface area contributed by atoms with Gasteiger partial charge in [0.1, 0.15) is 12.0 Å². The van der Waals surface area contributed by atoms with Gasteiger partial charge >= 0.3 is 0 Å². The van der Waals surface area contributed by atoms with Gasteiger partial charge in [-0.1, -0.05) is 55.1 Å². The molecule has 0 atom stereocenters. The Labute approximate surface area is 173 Å². The molecule has 1 saturated carbocycles. The van der Waals surface area contributed by atoms with Crippen molar-refractivity contribution in [1.29, 1.82) is 0 Å². The molecular formula is C23H32ClN3O. The first kappa shape index (κ1) is 21.1. The minimum atomic E-state index is -0.498. The van der Waals surface area contributed by atoms with Gasteiger partial charge in [0, 0.05) is 11.6 Å². The van der Waals surface area contributed by atoms with Crippen LogP contribution in [0, 0.1) is 5.41 Å². The molecule has 1 aliphatic carbocycles. The lowest BCUT2D eigenvalue weighted by atomic mass is 9.68. The highest BCUT2D eigenvalue weighted by atomic mass is 35.5. The van der Waals surface area contributed by atoms with Crippen molar-refractivity contribution in [3.8, 4) is 5.75 Å². The van der Waals surface area contributed by atoms with Gasteiger partial charge in [0.05, 0.1) is 6.61 Å². The Morgan fingerprint density at radius 1 is 1.00 bits per heavy atom. The lowest BCUT2D eigenvalue weighted by Gasteiger charge is -2.37. The predicted molar refractivity (Wildman–Crippen MR) is 116 cm³/mol. The van der Waals surface area contributed by atoms with Crippen LogP contribution in [0.15, 0.2) is 48.5 Å². The summed E-state index contributed by atoms with van der Waals surface area (Å²) in [4.78, 5) is 0. The van der Waals surface area contributed by atoms with Crippen LogP contribution in [0.25, 0.3) is 0 Å². The molecule has 0 aliphatic heterocycles. The fourth-order valence-corrected chi connectivity index (χ4v) is 4.43. The zero-order valence-corrected chi connectivity index (χ0v) is 17.3. The van der Waals surface area contributed by atoms with Gasteiger partial charge in [-0.2, -0.15) is 0 Å². The van der Waals surface area contributed by atoms with Crippen LogP contribution < -0.4 is 21.5 Å². The topological polar surface area (TPSA) is 73.3 Å². The van der Waals surface area contributed by atoms with E-state index < -0.39 is 6.29 Å². The fourth-order valence-electron chi connectivity index (χ4n) is 4.22. The van der Waals surface area contributed by atoms with Crippen LogP contribution >= 0.6 is 11.6 Å². The second-order valence-electron chi connectivity index (χ2n) is 8.02. The Balaban J connectivity index is 1.55. The quantitative estimate of drug-likeness (QED) is 0.537. The number of nitrogens with two attached hydrogens (primary N) is 2. The Morgan fingerprint density at radius 2 is 1.75 bits per heavy atom. The summed E-state index contributed by atoms with van der Waals surface area (Å²) in [6, 6.07) is 16.4. The summed E-state index contributed by atoms with van der Waals surface area (Å²) in [7, 11) is 0. The summed E-state index contributed by atoms with van der Waals surface area (Å²) >= 11 is 6.20. The van der Waals surface area contributed by atoms with Crippen molar-refractivity contribution in [3.05, 3.63) is 64.7 Å². The smallest absolute Gasteiger partial charge is 0.119 e. The van der Waals surface area contributed by atoms with Gasteiger partial charge < -0.3 is 16.2 Å². The normalized spacial score (nSPS) is 16.3. The standard InChI is InChI=1S/C23H32ClN3O/c24-20-6-4-5-19(15-20)16-23(11-2-1-3-12-23)13-14-28-21-9-7-18(8-10-21)17-27-22(25)26/h4-10,15,22,27H,1-3,11-14,16-17,25-26H2. The number of hydrogen-bond acceptors (Lipinski definition) is 4. The van der Waals surface area contributed by atoms with Crippen LogP contribution in [0.2, 0.25) is 5.02 Å². The molecule has 0 heterocycles. The third-order valence-electron chi connectivity index (χ3n) is 5.75. The molecule has 3 rings (SSSR count). The van der Waals surface area contributed by atoms with E-state index in [2.05, 4.69) is 23.5 Å². The Kier molecular flexibility index (Phi) is 7.74. The molecular weight excluding hydrogens is 370 g/mol. The molecule has 5 heteroatoms. The van der Waals surface area contributed by atoms with Crippen molar-refractivity contribution in [2.24, 2.45) is 16.9 Å². The Bertz CT molecular complexity index is 727. The molecule has 0 amide bonds. The van der Waals surface area contributed by atoms with E-state index in [9.17, 15) is 0 Å². The zero-order valence-electron chi connectivity index (χ0n) is 16.5. The first-order chi connectivity index (χ1) is 13.5. The molecule has 0 radical (unpaired) electrons. The van der Waals surface area contributed by atoms with E-state index in [1.165, 1.54) is 37.7 Å². The molecule has 5 N–H and O–H groups in total. The molecule has 2 aromatic carbocycles. The highest BCUT2D eigenvalue weighted by molar-refractivity contribution is 6.30. The van der Waals surface area contributed by atoms with Crippen molar-refractivity contribution in [3.63, 3.8) is 0 Å². The van der Waals surface area contributed by atoms with Crippen LogP contribution in [0.5, 0.6) is 5.75 Å². The average Bonchev–Trinajstić information content (AvgIpc) is 2.68. The van der Waals surface area contributed by atoms with Crippen molar-refractivity contribution in [2.45, 2.75) is 57.8 Å². The Hall–Kier alpha value is -1.59. The van der Waals surface area contributed by atoms with Crippen molar-refractivity contribution in [2.75, 3.05) is 6.61 Å². The number of nitrogens with one attached hydrogen (secondary N) is 1. The number of halogens is 1. The zero-order chi connectivity index (χ0) is 19.8. The minimum Gasteiger partial charge on any atom is -0.494 e. The van der Waals surface area contributed by atoms with Crippen LogP contribution in [-0.2, 0) is 13.0 Å². The first-order valence-electron chi connectivity index (χ1n) is 10.3. The highest BCUT2D eigenvalue weighted by Gasteiger charge is 2.32. The van der Waals surface area contributed by atoms with Crippen molar-refractivity contribution < 1.29 is 4.74 Å². The van der Waals surface area contributed by atoms with E-state index in [1.54, 1.807) is 0 Å². The summed E-state index contributed by atoms with van der Waals surface area (Å²) in [6.45, 7) is 1.40. The molecule has 28 heavy (non-hydrogen) atoms. The van der Waals surface area contributed by atoms with Gasteiger partial charge in [0.2, 0.25) is 0 Å². The average molecular weight is 402 g/mol. The van der Waals surface area contributed by atoms with E-state index >= 15 is 0 Å². The summed E-state index contributed by atoms with van der Waals surface area (Å²) in [5.74, 6) is 0.912. The maximum Gasteiger partial charge on any atom is 0.119 e. The molecule has 0 spiro atoms. The molecule has 4 nitrogen and oxygen atoms in total. The van der Waals surface area contributed by atoms with Crippen molar-refractivity contribution in [1.82, 2.24) is 5.32 Å². The molecule has 1 fully saturated rings. The molecule has 1 aliphatic rings. The summed E-state index contributed by atoms with van der Waals surface area (Å²) in [5, 5.41) is 3.83. The second-order valence-corrected chi connectivity index (χ2v) is 8.45. The molecule has 0 aromatic heterocycles. The maximum atomic E-state index is 6.20. The lowest BCUT2D eigenvalue weighted by Crippen LogP contribution is -2.44. The molecule has 0 bridgehead atoms. The number of hydrogen-bond donors (Lipinski definition) is 3. The summed E-state index contributed by atoms with van der Waals surface area (Å²) in [6.07, 6.45) is 8.17. The van der Waals surface area contributed by atoms with Gasteiger partial charge in [-0.25, -0.2) is 0 Å². The third-order valence-corrected chi connectivity index (χ3v) is 5.98. The van der Waals surface area contributed by atoms with E-state index in [0.717, 1.165) is 35.8 Å². The van der Waals surface area contributed by atoms with Crippen LogP contribution in [0.3, 0.4) is 0 Å². The van der Waals surface area contributed by atoms with Crippen LogP contribution in [0.4, 0.5) is 0 Å². The van der Waals surface area contributed by atoms with Gasteiger partial charge in [-0.05, 0) is 66.5 Å². The molecule has 0 unspecified atom stereocenters. The molecule has 0 saturated heterocycles. The largest absolute Gasteiger partial charge is 0.494 e. The maximum absolute atomic E-state index is 6.20. The predicted octanol–water partition coefficient (Wildman–Crippen LogP) is 4.59. The molecule has 2 aromatic rings. The first-order valence-corrected chi connectivity index (χ1v) is 10.6. The van der Waals surface area contributed by atoms with Gasteiger partial charge in [-0.3, -0.25) is 5.32 Å². The van der Waals surface area contributed by atoms with E-state index in [1.807, 2.05) is 30.3 Å². The van der Waals surface area contributed by atoms with E-state index in [0.29, 0.717) is 12.0 Å². The Morgan fingerprint density at radius 3 is 2.43 bits per heavy atom. The van der Waals surface area contributed by atoms with Crippen LogP contribution in [-0.4, -0.2) is 12.9 Å². The van der Waals surface area contributed by atoms with Gasteiger partial charge in [0.25, 0.3) is 0 Å². The number of ether oxygens (including phenoxy) is 1. The van der Waals surface area contributed by atoms with E-state index in [-0.39, 0.29) is 0 Å². The lowest BCUT2D eigenvalue weighted by molar-refractivity contribution is 0.136. The SMILES string of the molecule is NC(N)NCc1ccc(OCCC2(Cc3cccc(Cl)c3)CCCCC2)cc1.